The highest BCUT2D eigenvalue weighted by Crippen LogP contribution is 2.07. The average molecular weight is 241 g/mol. The van der Waals surface area contributed by atoms with Gasteiger partial charge in [-0.15, -0.1) is 0 Å². The quantitative estimate of drug-likeness (QED) is 0.419. The number of benzene rings is 1. The van der Waals surface area contributed by atoms with Gasteiger partial charge in [-0.25, -0.2) is 4.39 Å². The van der Waals surface area contributed by atoms with Gasteiger partial charge in [0.15, 0.2) is 0 Å². The zero-order valence-electron chi connectivity index (χ0n) is 6.68. The van der Waals surface area contributed by atoms with Crippen LogP contribution in [0.2, 0.25) is 0 Å². The lowest BCUT2D eigenvalue weighted by molar-refractivity contribution is 0.112. The highest BCUT2D eigenvalue weighted by atomic mass is 79.9. The van der Waals surface area contributed by atoms with Crippen molar-refractivity contribution in [1.82, 2.24) is 0 Å². The summed E-state index contributed by atoms with van der Waals surface area (Å²) in [5.41, 5.74) is 0.685. The van der Waals surface area contributed by atoms with Crippen molar-refractivity contribution < 1.29 is 9.18 Å². The van der Waals surface area contributed by atoms with Crippen LogP contribution in [0.1, 0.15) is 15.9 Å². The molecule has 0 atom stereocenters. The van der Waals surface area contributed by atoms with Crippen LogP contribution in [-0.4, -0.2) is 11.6 Å². The van der Waals surface area contributed by atoms with Crippen LogP contribution in [0.15, 0.2) is 18.2 Å². The molecule has 0 aliphatic carbocycles. The van der Waals surface area contributed by atoms with E-state index >= 15 is 0 Å². The number of alkyl halides is 1. The average Bonchev–Trinajstić information content (AvgIpc) is 2.17. The standard InChI is InChI=1S/C10H6BrFO/c11-5-1-2-9-6-8(7-13)3-4-10(9)12/h3-4,6-7H,5H2. The second kappa shape index (κ2) is 4.78. The molecule has 1 aromatic rings. The van der Waals surface area contributed by atoms with Crippen LogP contribution in [-0.2, 0) is 0 Å². The highest BCUT2D eigenvalue weighted by molar-refractivity contribution is 9.09. The van der Waals surface area contributed by atoms with Gasteiger partial charge in [0.25, 0.3) is 0 Å². The van der Waals surface area contributed by atoms with Crippen LogP contribution in [0.4, 0.5) is 4.39 Å². The minimum atomic E-state index is -0.404. The van der Waals surface area contributed by atoms with Gasteiger partial charge in [-0.2, -0.15) is 0 Å². The fourth-order valence-corrected chi connectivity index (χ4v) is 0.981. The van der Waals surface area contributed by atoms with Crippen LogP contribution in [0.5, 0.6) is 0 Å². The van der Waals surface area contributed by atoms with Gasteiger partial charge in [0.1, 0.15) is 12.1 Å². The van der Waals surface area contributed by atoms with E-state index < -0.39 is 5.82 Å². The van der Waals surface area contributed by atoms with Crippen LogP contribution >= 0.6 is 15.9 Å². The van der Waals surface area contributed by atoms with Gasteiger partial charge in [-0.1, -0.05) is 27.8 Å². The molecule has 0 aromatic heterocycles. The molecule has 1 nitrogen and oxygen atoms in total. The molecular weight excluding hydrogens is 235 g/mol. The van der Waals surface area contributed by atoms with Crippen molar-refractivity contribution in [3.63, 3.8) is 0 Å². The summed E-state index contributed by atoms with van der Waals surface area (Å²) in [4.78, 5) is 10.4. The van der Waals surface area contributed by atoms with Crippen LogP contribution in [0.25, 0.3) is 0 Å². The summed E-state index contributed by atoms with van der Waals surface area (Å²) in [6.45, 7) is 0. The summed E-state index contributed by atoms with van der Waals surface area (Å²) in [6.07, 6.45) is 0.665. The number of hydrogen-bond acceptors (Lipinski definition) is 1. The molecule has 0 aliphatic rings. The van der Waals surface area contributed by atoms with Crippen LogP contribution in [0, 0.1) is 17.7 Å². The lowest BCUT2D eigenvalue weighted by Gasteiger charge is -1.94. The van der Waals surface area contributed by atoms with Crippen molar-refractivity contribution in [2.45, 2.75) is 0 Å². The largest absolute Gasteiger partial charge is 0.298 e. The zero-order chi connectivity index (χ0) is 9.68. The molecule has 0 saturated heterocycles. The predicted octanol–water partition coefficient (Wildman–Crippen LogP) is 2.38. The predicted molar refractivity (Wildman–Crippen MR) is 52.5 cm³/mol. The maximum atomic E-state index is 13.0. The van der Waals surface area contributed by atoms with Crippen molar-refractivity contribution in [2.24, 2.45) is 0 Å². The van der Waals surface area contributed by atoms with E-state index in [1.807, 2.05) is 0 Å². The molecule has 66 valence electrons. The summed E-state index contributed by atoms with van der Waals surface area (Å²) in [5, 5.41) is 0.484. The second-order valence-corrected chi connectivity index (χ2v) is 2.85. The second-order valence-electron chi connectivity index (χ2n) is 2.29. The van der Waals surface area contributed by atoms with E-state index in [4.69, 9.17) is 0 Å². The number of aldehydes is 1. The first kappa shape index (κ1) is 9.94. The van der Waals surface area contributed by atoms with Crippen molar-refractivity contribution in [2.75, 3.05) is 5.33 Å². The van der Waals surface area contributed by atoms with E-state index in [1.54, 1.807) is 0 Å². The third kappa shape index (κ3) is 2.67. The smallest absolute Gasteiger partial charge is 0.150 e. The molecule has 13 heavy (non-hydrogen) atoms. The molecule has 0 amide bonds. The van der Waals surface area contributed by atoms with Crippen molar-refractivity contribution in [3.8, 4) is 11.8 Å². The fourth-order valence-electron chi connectivity index (χ4n) is 0.841. The molecule has 0 fully saturated rings. The molecule has 0 N–H and O–H groups in total. The molecule has 0 aliphatic heterocycles. The maximum absolute atomic E-state index is 13.0. The Labute approximate surface area is 84.1 Å². The molecule has 0 saturated carbocycles. The summed E-state index contributed by atoms with van der Waals surface area (Å²) in [7, 11) is 0. The van der Waals surface area contributed by atoms with E-state index in [0.717, 1.165) is 0 Å². The van der Waals surface area contributed by atoms with Crippen molar-refractivity contribution in [1.29, 1.82) is 0 Å². The first-order chi connectivity index (χ1) is 6.27. The number of halogens is 2. The minimum Gasteiger partial charge on any atom is -0.298 e. The third-order valence-electron chi connectivity index (χ3n) is 1.42. The Morgan fingerprint density at radius 2 is 2.31 bits per heavy atom. The van der Waals surface area contributed by atoms with Gasteiger partial charge in [0.05, 0.1) is 10.9 Å². The SMILES string of the molecule is O=Cc1ccc(F)c(C#CCBr)c1. The molecule has 0 unspecified atom stereocenters. The van der Waals surface area contributed by atoms with E-state index in [-0.39, 0.29) is 5.56 Å². The van der Waals surface area contributed by atoms with Crippen LogP contribution in [0.3, 0.4) is 0 Å². The van der Waals surface area contributed by atoms with Crippen molar-refractivity contribution in [3.05, 3.63) is 35.1 Å². The maximum Gasteiger partial charge on any atom is 0.150 e. The van der Waals surface area contributed by atoms with E-state index in [9.17, 15) is 9.18 Å². The third-order valence-corrected chi connectivity index (χ3v) is 1.70. The Kier molecular flexibility index (Phi) is 3.66. The Morgan fingerprint density at radius 3 is 2.92 bits per heavy atom. The molecule has 0 radical (unpaired) electrons. The molecular formula is C10H6BrFO. The van der Waals surface area contributed by atoms with Crippen molar-refractivity contribution >= 4 is 22.2 Å². The Bertz CT molecular complexity index is 376. The lowest BCUT2D eigenvalue weighted by atomic mass is 10.1. The Hall–Kier alpha value is -1.14. The first-order valence-electron chi connectivity index (χ1n) is 3.57. The Morgan fingerprint density at radius 1 is 1.54 bits per heavy atom. The molecule has 1 rings (SSSR count). The highest BCUT2D eigenvalue weighted by Gasteiger charge is 1.99. The number of carbonyl (C=O) groups is 1. The van der Waals surface area contributed by atoms with E-state index in [1.165, 1.54) is 18.2 Å². The fraction of sp³-hybridized carbons (Fsp3) is 0.100. The zero-order valence-corrected chi connectivity index (χ0v) is 8.27. The molecule has 0 spiro atoms. The summed E-state index contributed by atoms with van der Waals surface area (Å²) >= 11 is 3.10. The van der Waals surface area contributed by atoms with Gasteiger partial charge in [0.2, 0.25) is 0 Å². The number of hydrogen-bond donors (Lipinski definition) is 0. The van der Waals surface area contributed by atoms with E-state index in [2.05, 4.69) is 27.8 Å². The minimum absolute atomic E-state index is 0.254. The number of carbonyl (C=O) groups excluding carboxylic acids is 1. The molecule has 0 bridgehead atoms. The summed E-state index contributed by atoms with van der Waals surface area (Å²) < 4.78 is 13.0. The van der Waals surface area contributed by atoms with Gasteiger partial charge in [-0.05, 0) is 18.2 Å². The summed E-state index contributed by atoms with van der Waals surface area (Å²) in [5.74, 6) is 4.87. The lowest BCUT2D eigenvalue weighted by Crippen LogP contribution is -1.87. The normalized spacial score (nSPS) is 8.77. The molecule has 0 heterocycles. The van der Waals surface area contributed by atoms with Gasteiger partial charge in [-0.3, -0.25) is 4.79 Å². The Balaban J connectivity index is 3.11. The first-order valence-corrected chi connectivity index (χ1v) is 4.69. The van der Waals surface area contributed by atoms with E-state index in [0.29, 0.717) is 17.2 Å². The monoisotopic (exact) mass is 240 g/mol. The van der Waals surface area contributed by atoms with Gasteiger partial charge in [0, 0.05) is 5.56 Å². The van der Waals surface area contributed by atoms with Gasteiger partial charge >= 0.3 is 0 Å². The summed E-state index contributed by atoms with van der Waals surface area (Å²) in [6, 6.07) is 4.08. The topological polar surface area (TPSA) is 17.1 Å². The van der Waals surface area contributed by atoms with Crippen LogP contribution < -0.4 is 0 Å². The van der Waals surface area contributed by atoms with Gasteiger partial charge < -0.3 is 0 Å². The molecule has 3 heteroatoms. The number of rotatable bonds is 1. The molecule has 1 aromatic carbocycles.